The van der Waals surface area contributed by atoms with Crippen molar-refractivity contribution in [3.63, 3.8) is 0 Å². The fourth-order valence-electron chi connectivity index (χ4n) is 1.67. The lowest BCUT2D eigenvalue weighted by molar-refractivity contribution is -0.0191. The van der Waals surface area contributed by atoms with E-state index in [1.54, 1.807) is 0 Å². The molecule has 0 saturated heterocycles. The third-order valence-electron chi connectivity index (χ3n) is 2.51. The molecule has 1 atom stereocenters. The highest BCUT2D eigenvalue weighted by Gasteiger charge is 2.29. The fraction of sp³-hybridized carbons (Fsp3) is 0.692. The SMILES string of the molecule is CCOC(c1ncc(CCN)cn1)C(C)(C)C. The molecule has 1 unspecified atom stereocenters. The third-order valence-corrected chi connectivity index (χ3v) is 2.51. The first-order valence-electron chi connectivity index (χ1n) is 6.11. The second-order valence-corrected chi connectivity index (χ2v) is 5.19. The van der Waals surface area contributed by atoms with Gasteiger partial charge < -0.3 is 10.5 Å². The van der Waals surface area contributed by atoms with Crippen LogP contribution in [0.4, 0.5) is 0 Å². The molecule has 1 aromatic rings. The number of hydrogen-bond acceptors (Lipinski definition) is 4. The average Bonchev–Trinajstić information content (AvgIpc) is 2.26. The maximum absolute atomic E-state index is 5.74. The Morgan fingerprint density at radius 2 is 1.88 bits per heavy atom. The highest BCUT2D eigenvalue weighted by molar-refractivity contribution is 5.08. The second kappa shape index (κ2) is 6.07. The fourth-order valence-corrected chi connectivity index (χ4v) is 1.67. The van der Waals surface area contributed by atoms with Crippen LogP contribution in [0.15, 0.2) is 12.4 Å². The van der Waals surface area contributed by atoms with Crippen LogP contribution in [-0.4, -0.2) is 23.1 Å². The predicted octanol–water partition coefficient (Wildman–Crippen LogP) is 2.10. The summed E-state index contributed by atoms with van der Waals surface area (Å²) in [5.41, 5.74) is 6.56. The van der Waals surface area contributed by atoms with E-state index >= 15 is 0 Å². The van der Waals surface area contributed by atoms with Crippen molar-refractivity contribution in [2.75, 3.05) is 13.2 Å². The zero-order chi connectivity index (χ0) is 12.9. The van der Waals surface area contributed by atoms with Gasteiger partial charge in [0.25, 0.3) is 0 Å². The van der Waals surface area contributed by atoms with Gasteiger partial charge in [-0.25, -0.2) is 9.97 Å². The van der Waals surface area contributed by atoms with Gasteiger partial charge in [-0.1, -0.05) is 20.8 Å². The van der Waals surface area contributed by atoms with E-state index in [1.807, 2.05) is 19.3 Å². The Balaban J connectivity index is 2.87. The van der Waals surface area contributed by atoms with Crippen LogP contribution in [0.1, 0.15) is 45.2 Å². The number of hydrogen-bond donors (Lipinski definition) is 1. The van der Waals surface area contributed by atoms with E-state index in [-0.39, 0.29) is 11.5 Å². The number of ether oxygens (including phenoxy) is 1. The third kappa shape index (κ3) is 4.06. The summed E-state index contributed by atoms with van der Waals surface area (Å²) >= 11 is 0. The van der Waals surface area contributed by atoms with Crippen LogP contribution in [0, 0.1) is 5.41 Å². The molecule has 1 rings (SSSR count). The van der Waals surface area contributed by atoms with Gasteiger partial charge in [-0.3, -0.25) is 0 Å². The molecule has 1 aromatic heterocycles. The van der Waals surface area contributed by atoms with Gasteiger partial charge in [0, 0.05) is 19.0 Å². The Bertz CT molecular complexity index is 330. The molecule has 0 aliphatic carbocycles. The van der Waals surface area contributed by atoms with E-state index < -0.39 is 0 Å². The van der Waals surface area contributed by atoms with Crippen LogP contribution in [0.5, 0.6) is 0 Å². The zero-order valence-electron chi connectivity index (χ0n) is 11.2. The maximum Gasteiger partial charge on any atom is 0.157 e. The summed E-state index contributed by atoms with van der Waals surface area (Å²) < 4.78 is 5.74. The Kier molecular flexibility index (Phi) is 5.02. The minimum absolute atomic E-state index is 0.00854. The number of nitrogens with two attached hydrogens (primary N) is 1. The van der Waals surface area contributed by atoms with Gasteiger partial charge in [0.05, 0.1) is 0 Å². The van der Waals surface area contributed by atoms with Crippen LogP contribution in [0.3, 0.4) is 0 Å². The molecule has 0 aliphatic heterocycles. The van der Waals surface area contributed by atoms with Gasteiger partial charge in [-0.2, -0.15) is 0 Å². The van der Waals surface area contributed by atoms with Gasteiger partial charge in [-0.05, 0) is 30.9 Å². The van der Waals surface area contributed by atoms with Gasteiger partial charge in [0.1, 0.15) is 6.10 Å². The molecule has 0 aromatic carbocycles. The van der Waals surface area contributed by atoms with Gasteiger partial charge in [0.2, 0.25) is 0 Å². The summed E-state index contributed by atoms with van der Waals surface area (Å²) in [5.74, 6) is 0.750. The van der Waals surface area contributed by atoms with Crippen molar-refractivity contribution in [1.82, 2.24) is 9.97 Å². The predicted molar refractivity (Wildman–Crippen MR) is 68.6 cm³/mol. The molecule has 0 radical (unpaired) electrons. The highest BCUT2D eigenvalue weighted by Crippen LogP contribution is 2.33. The van der Waals surface area contributed by atoms with E-state index in [1.165, 1.54) is 0 Å². The minimum atomic E-state index is -0.0700. The second-order valence-electron chi connectivity index (χ2n) is 5.19. The van der Waals surface area contributed by atoms with Gasteiger partial charge in [0.15, 0.2) is 5.82 Å². The Morgan fingerprint density at radius 1 is 1.29 bits per heavy atom. The Morgan fingerprint density at radius 3 is 2.29 bits per heavy atom. The lowest BCUT2D eigenvalue weighted by Crippen LogP contribution is -2.23. The average molecular weight is 237 g/mol. The van der Waals surface area contributed by atoms with Crippen molar-refractivity contribution in [3.05, 3.63) is 23.8 Å². The van der Waals surface area contributed by atoms with Crippen LogP contribution in [0.2, 0.25) is 0 Å². The van der Waals surface area contributed by atoms with E-state index in [2.05, 4.69) is 30.7 Å². The van der Waals surface area contributed by atoms with Crippen molar-refractivity contribution in [1.29, 1.82) is 0 Å². The quantitative estimate of drug-likeness (QED) is 0.852. The van der Waals surface area contributed by atoms with Crippen LogP contribution in [0.25, 0.3) is 0 Å². The monoisotopic (exact) mass is 237 g/mol. The van der Waals surface area contributed by atoms with E-state index in [4.69, 9.17) is 10.5 Å². The van der Waals surface area contributed by atoms with Crippen molar-refractivity contribution in [3.8, 4) is 0 Å². The van der Waals surface area contributed by atoms with Crippen LogP contribution < -0.4 is 5.73 Å². The first-order valence-corrected chi connectivity index (χ1v) is 6.11. The minimum Gasteiger partial charge on any atom is -0.370 e. The molecule has 0 aliphatic rings. The highest BCUT2D eigenvalue weighted by atomic mass is 16.5. The lowest BCUT2D eigenvalue weighted by Gasteiger charge is -2.29. The largest absolute Gasteiger partial charge is 0.370 e. The summed E-state index contributed by atoms with van der Waals surface area (Å²) in [6, 6.07) is 0. The molecule has 17 heavy (non-hydrogen) atoms. The number of rotatable bonds is 5. The summed E-state index contributed by atoms with van der Waals surface area (Å²) in [7, 11) is 0. The summed E-state index contributed by atoms with van der Waals surface area (Å²) in [4.78, 5) is 8.78. The molecular formula is C13H23N3O. The molecule has 2 N–H and O–H groups in total. The van der Waals surface area contributed by atoms with Crippen molar-refractivity contribution in [2.24, 2.45) is 11.1 Å². The van der Waals surface area contributed by atoms with Crippen molar-refractivity contribution in [2.45, 2.75) is 40.2 Å². The molecule has 0 amide bonds. The van der Waals surface area contributed by atoms with E-state index in [0.29, 0.717) is 13.2 Å². The maximum atomic E-state index is 5.74. The smallest absolute Gasteiger partial charge is 0.157 e. The zero-order valence-corrected chi connectivity index (χ0v) is 11.2. The molecular weight excluding hydrogens is 214 g/mol. The molecule has 4 heteroatoms. The van der Waals surface area contributed by atoms with Crippen LogP contribution in [-0.2, 0) is 11.2 Å². The summed E-state index contributed by atoms with van der Waals surface area (Å²) in [5, 5.41) is 0. The van der Waals surface area contributed by atoms with Crippen LogP contribution >= 0.6 is 0 Å². The Hall–Kier alpha value is -1.00. The number of nitrogens with zero attached hydrogens (tertiary/aromatic N) is 2. The topological polar surface area (TPSA) is 61.0 Å². The summed E-state index contributed by atoms with van der Waals surface area (Å²) in [6.45, 7) is 9.66. The molecule has 0 saturated carbocycles. The normalized spacial score (nSPS) is 13.7. The standard InChI is InChI=1S/C13H23N3O/c1-5-17-11(13(2,3)4)12-15-8-10(6-7-14)9-16-12/h8-9,11H,5-7,14H2,1-4H3. The van der Waals surface area contributed by atoms with Gasteiger partial charge >= 0.3 is 0 Å². The molecule has 4 nitrogen and oxygen atoms in total. The lowest BCUT2D eigenvalue weighted by atomic mass is 9.88. The van der Waals surface area contributed by atoms with Gasteiger partial charge in [-0.15, -0.1) is 0 Å². The Labute approximate surface area is 104 Å². The molecule has 1 heterocycles. The number of aromatic nitrogens is 2. The molecule has 96 valence electrons. The van der Waals surface area contributed by atoms with Crippen molar-refractivity contribution >= 4 is 0 Å². The van der Waals surface area contributed by atoms with E-state index in [9.17, 15) is 0 Å². The first-order chi connectivity index (χ1) is 7.99. The van der Waals surface area contributed by atoms with Crippen molar-refractivity contribution < 1.29 is 4.74 Å². The first kappa shape index (κ1) is 14.1. The van der Waals surface area contributed by atoms with E-state index in [0.717, 1.165) is 17.8 Å². The summed E-state index contributed by atoms with van der Waals surface area (Å²) in [6.07, 6.45) is 4.43. The molecule has 0 fully saturated rings. The molecule has 0 spiro atoms. The molecule has 0 bridgehead atoms.